The van der Waals surface area contributed by atoms with Gasteiger partial charge in [0.25, 0.3) is 0 Å². The molecular formula is C16H9FO5S. The predicted molar refractivity (Wildman–Crippen MR) is 80.7 cm³/mol. The third-order valence-electron chi connectivity index (χ3n) is 3.26. The maximum Gasteiger partial charge on any atom is 0.347 e. The van der Waals surface area contributed by atoms with Gasteiger partial charge in [-0.2, -0.15) is 8.42 Å². The average molecular weight is 332 g/mol. The van der Waals surface area contributed by atoms with E-state index in [1.165, 1.54) is 18.2 Å². The van der Waals surface area contributed by atoms with Crippen molar-refractivity contribution in [2.24, 2.45) is 0 Å². The number of benzene rings is 2. The minimum atomic E-state index is -4.94. The highest BCUT2D eigenvalue weighted by molar-refractivity contribution is 7.86. The zero-order valence-electron chi connectivity index (χ0n) is 11.5. The first kappa shape index (κ1) is 15.1. The molecule has 116 valence electrons. The Morgan fingerprint density at radius 2 is 1.74 bits per heavy atom. The normalized spacial score (nSPS) is 11.5. The quantitative estimate of drug-likeness (QED) is 0.418. The molecule has 0 N–H and O–H groups in total. The highest BCUT2D eigenvalue weighted by Gasteiger charge is 2.19. The van der Waals surface area contributed by atoms with Crippen LogP contribution < -0.4 is 5.63 Å². The molecule has 7 heteroatoms. The van der Waals surface area contributed by atoms with Crippen molar-refractivity contribution in [2.45, 2.75) is 4.90 Å². The third kappa shape index (κ3) is 2.91. The molecule has 1 heterocycles. The van der Waals surface area contributed by atoms with E-state index in [9.17, 15) is 21.9 Å². The summed E-state index contributed by atoms with van der Waals surface area (Å²) >= 11 is 0. The van der Waals surface area contributed by atoms with Crippen LogP contribution in [0.2, 0.25) is 0 Å². The fraction of sp³-hybridized carbons (Fsp3) is 0. The second-order valence-electron chi connectivity index (χ2n) is 4.78. The number of fused-ring (bicyclic) bond motifs is 1. The predicted octanol–water partition coefficient (Wildman–Crippen LogP) is 2.68. The standard InChI is InChI=1S/C16H9FO5S/c17-23(20,21)12-6-3-5-11(8-12)15(18)13-9-10-4-1-2-7-14(10)22-16(13)19/h1-9H. The lowest BCUT2D eigenvalue weighted by molar-refractivity contribution is 0.103. The Balaban J connectivity index is 2.14. The summed E-state index contributed by atoms with van der Waals surface area (Å²) in [6.45, 7) is 0. The molecule has 0 radical (unpaired) electrons. The van der Waals surface area contributed by atoms with E-state index in [-0.39, 0.29) is 11.1 Å². The first-order valence-electron chi connectivity index (χ1n) is 6.48. The lowest BCUT2D eigenvalue weighted by Gasteiger charge is -2.03. The Morgan fingerprint density at radius 1 is 1.00 bits per heavy atom. The van der Waals surface area contributed by atoms with E-state index < -0.39 is 26.5 Å². The zero-order chi connectivity index (χ0) is 16.6. The lowest BCUT2D eigenvalue weighted by atomic mass is 10.0. The minimum absolute atomic E-state index is 0.119. The second kappa shape index (κ2) is 5.44. The van der Waals surface area contributed by atoms with Crippen LogP contribution in [0, 0.1) is 0 Å². The molecule has 0 unspecified atom stereocenters. The van der Waals surface area contributed by atoms with Crippen LogP contribution in [0.4, 0.5) is 3.89 Å². The Kier molecular flexibility index (Phi) is 3.57. The van der Waals surface area contributed by atoms with Crippen molar-refractivity contribution >= 4 is 27.0 Å². The molecule has 5 nitrogen and oxygen atoms in total. The number of hydrogen-bond acceptors (Lipinski definition) is 5. The molecule has 0 spiro atoms. The van der Waals surface area contributed by atoms with Gasteiger partial charge in [0.05, 0.1) is 4.90 Å². The molecule has 1 aromatic heterocycles. The van der Waals surface area contributed by atoms with Gasteiger partial charge in [-0.15, -0.1) is 3.89 Å². The average Bonchev–Trinajstić information content (AvgIpc) is 2.53. The molecule has 3 rings (SSSR count). The molecule has 0 bridgehead atoms. The van der Waals surface area contributed by atoms with Crippen molar-refractivity contribution in [1.82, 2.24) is 0 Å². The summed E-state index contributed by atoms with van der Waals surface area (Å²) in [6.07, 6.45) is 0. The highest BCUT2D eigenvalue weighted by Crippen LogP contribution is 2.18. The maximum absolute atomic E-state index is 13.0. The van der Waals surface area contributed by atoms with Gasteiger partial charge < -0.3 is 4.42 Å². The largest absolute Gasteiger partial charge is 0.422 e. The van der Waals surface area contributed by atoms with Crippen LogP contribution in [-0.2, 0) is 10.2 Å². The molecule has 0 atom stereocenters. The molecule has 2 aromatic carbocycles. The fourth-order valence-corrected chi connectivity index (χ4v) is 2.67. The lowest BCUT2D eigenvalue weighted by Crippen LogP contribution is -2.15. The van der Waals surface area contributed by atoms with E-state index in [1.54, 1.807) is 24.3 Å². The van der Waals surface area contributed by atoms with Crippen LogP contribution in [-0.4, -0.2) is 14.2 Å². The van der Waals surface area contributed by atoms with Gasteiger partial charge in [-0.1, -0.05) is 30.3 Å². The van der Waals surface area contributed by atoms with Gasteiger partial charge in [0.1, 0.15) is 11.1 Å². The van der Waals surface area contributed by atoms with Crippen LogP contribution in [0.3, 0.4) is 0 Å². The fourth-order valence-electron chi connectivity index (χ4n) is 2.16. The van der Waals surface area contributed by atoms with Crippen LogP contribution in [0.25, 0.3) is 11.0 Å². The number of para-hydroxylation sites is 1. The molecule has 0 saturated carbocycles. The van der Waals surface area contributed by atoms with E-state index >= 15 is 0 Å². The Labute approximate surface area is 130 Å². The van der Waals surface area contributed by atoms with E-state index in [1.807, 2.05) is 0 Å². The van der Waals surface area contributed by atoms with Crippen molar-refractivity contribution < 1.29 is 21.5 Å². The van der Waals surface area contributed by atoms with E-state index in [0.29, 0.717) is 11.0 Å². The molecule has 0 aliphatic heterocycles. The maximum atomic E-state index is 13.0. The minimum Gasteiger partial charge on any atom is -0.422 e. The van der Waals surface area contributed by atoms with E-state index in [0.717, 1.165) is 12.1 Å². The first-order valence-corrected chi connectivity index (χ1v) is 7.87. The molecule has 3 aromatic rings. The van der Waals surface area contributed by atoms with Crippen molar-refractivity contribution in [3.8, 4) is 0 Å². The number of carbonyl (C=O) groups excluding carboxylic acids is 1. The van der Waals surface area contributed by atoms with Gasteiger partial charge in [-0.3, -0.25) is 4.79 Å². The van der Waals surface area contributed by atoms with E-state index in [2.05, 4.69) is 0 Å². The second-order valence-corrected chi connectivity index (χ2v) is 6.13. The highest BCUT2D eigenvalue weighted by atomic mass is 32.3. The van der Waals surface area contributed by atoms with Crippen molar-refractivity contribution in [3.05, 3.63) is 76.1 Å². The summed E-state index contributed by atoms with van der Waals surface area (Å²) in [5, 5.41) is 0.546. The summed E-state index contributed by atoms with van der Waals surface area (Å²) < 4.78 is 40.0. The van der Waals surface area contributed by atoms with Crippen molar-refractivity contribution in [3.63, 3.8) is 0 Å². The van der Waals surface area contributed by atoms with Gasteiger partial charge in [-0.25, -0.2) is 4.79 Å². The smallest absolute Gasteiger partial charge is 0.347 e. The van der Waals surface area contributed by atoms with E-state index in [4.69, 9.17) is 4.42 Å². The molecule has 0 aliphatic rings. The van der Waals surface area contributed by atoms with Gasteiger partial charge >= 0.3 is 15.8 Å². The number of hydrogen-bond donors (Lipinski definition) is 0. The monoisotopic (exact) mass is 332 g/mol. The van der Waals surface area contributed by atoms with Crippen LogP contribution in [0.5, 0.6) is 0 Å². The Hall–Kier alpha value is -2.80. The number of halogens is 1. The Morgan fingerprint density at radius 3 is 2.48 bits per heavy atom. The van der Waals surface area contributed by atoms with Crippen LogP contribution in [0.1, 0.15) is 15.9 Å². The van der Waals surface area contributed by atoms with Gasteiger partial charge in [0, 0.05) is 10.9 Å². The van der Waals surface area contributed by atoms with Gasteiger partial charge in [-0.05, 0) is 24.3 Å². The van der Waals surface area contributed by atoms with Crippen LogP contribution in [0.15, 0.2) is 68.7 Å². The van der Waals surface area contributed by atoms with Gasteiger partial charge in [0.15, 0.2) is 5.78 Å². The third-order valence-corrected chi connectivity index (χ3v) is 4.08. The van der Waals surface area contributed by atoms with Crippen molar-refractivity contribution in [2.75, 3.05) is 0 Å². The number of rotatable bonds is 3. The topological polar surface area (TPSA) is 81.4 Å². The van der Waals surface area contributed by atoms with Crippen molar-refractivity contribution in [1.29, 1.82) is 0 Å². The Bertz CT molecular complexity index is 1080. The number of carbonyl (C=O) groups is 1. The summed E-state index contributed by atoms with van der Waals surface area (Å²) in [5.74, 6) is -0.741. The van der Waals surface area contributed by atoms with Crippen LogP contribution >= 0.6 is 0 Å². The summed E-state index contributed by atoms with van der Waals surface area (Å²) in [4.78, 5) is 23.7. The molecule has 0 saturated heterocycles. The SMILES string of the molecule is O=C(c1cccc(S(=O)(=O)F)c1)c1cc2ccccc2oc1=O. The molecule has 23 heavy (non-hydrogen) atoms. The molecule has 0 aliphatic carbocycles. The first-order chi connectivity index (χ1) is 10.9. The number of ketones is 1. The zero-order valence-corrected chi connectivity index (χ0v) is 12.3. The summed E-state index contributed by atoms with van der Waals surface area (Å²) in [7, 11) is -4.94. The van der Waals surface area contributed by atoms with Gasteiger partial charge in [0.2, 0.25) is 0 Å². The molecule has 0 amide bonds. The molecule has 0 fully saturated rings. The summed E-state index contributed by atoms with van der Waals surface area (Å²) in [6, 6.07) is 12.4. The summed E-state index contributed by atoms with van der Waals surface area (Å²) in [5.41, 5.74) is -0.889. The molecular weight excluding hydrogens is 323 g/mol.